The largest absolute Gasteiger partial charge is 0.337 e. The van der Waals surface area contributed by atoms with Crippen molar-refractivity contribution < 1.29 is 8.42 Å². The van der Waals surface area contributed by atoms with Crippen LogP contribution in [0.4, 0.5) is 0 Å². The van der Waals surface area contributed by atoms with E-state index in [1.54, 1.807) is 35.2 Å². The van der Waals surface area contributed by atoms with Gasteiger partial charge in [-0.25, -0.2) is 18.1 Å². The number of aryl methyl sites for hydroxylation is 2. The van der Waals surface area contributed by atoms with Crippen molar-refractivity contribution in [3.8, 4) is 0 Å². The van der Waals surface area contributed by atoms with E-state index in [2.05, 4.69) is 9.71 Å². The molecule has 0 atom stereocenters. The molecule has 0 aliphatic rings. The van der Waals surface area contributed by atoms with E-state index >= 15 is 0 Å². The van der Waals surface area contributed by atoms with Crippen molar-refractivity contribution in [1.82, 2.24) is 14.3 Å². The maximum atomic E-state index is 12.2. The van der Waals surface area contributed by atoms with Crippen LogP contribution in [0.15, 0.2) is 35.5 Å². The predicted molar refractivity (Wildman–Crippen MR) is 76.3 cm³/mol. The molecule has 2 aromatic rings. The number of hydrogen-bond donors (Lipinski definition) is 2. The Bertz CT molecular complexity index is 707. The quantitative estimate of drug-likeness (QED) is 0.848. The fourth-order valence-electron chi connectivity index (χ4n) is 1.84. The topological polar surface area (TPSA) is 90.0 Å². The Morgan fingerprint density at radius 1 is 1.40 bits per heavy atom. The molecule has 0 saturated carbocycles. The summed E-state index contributed by atoms with van der Waals surface area (Å²) < 4.78 is 28.8. The Balaban J connectivity index is 2.20. The van der Waals surface area contributed by atoms with Crippen LogP contribution in [0, 0.1) is 6.92 Å². The normalized spacial score (nSPS) is 11.8. The van der Waals surface area contributed by atoms with E-state index < -0.39 is 10.0 Å². The van der Waals surface area contributed by atoms with Crippen molar-refractivity contribution >= 4 is 10.0 Å². The van der Waals surface area contributed by atoms with Crippen LogP contribution in [0.3, 0.4) is 0 Å². The zero-order valence-electron chi connectivity index (χ0n) is 11.5. The van der Waals surface area contributed by atoms with E-state index in [0.29, 0.717) is 12.4 Å². The predicted octanol–water partition coefficient (Wildman–Crippen LogP) is 0.666. The highest BCUT2D eigenvalue weighted by Gasteiger charge is 2.15. The summed E-state index contributed by atoms with van der Waals surface area (Å²) in [5.74, 6) is 0.653. The summed E-state index contributed by atoms with van der Waals surface area (Å²) in [4.78, 5) is 4.30. The molecule has 1 aromatic heterocycles. The number of nitrogens with two attached hydrogens (primary N) is 1. The van der Waals surface area contributed by atoms with E-state index in [9.17, 15) is 8.42 Å². The highest BCUT2D eigenvalue weighted by Crippen LogP contribution is 2.15. The lowest BCUT2D eigenvalue weighted by atomic mass is 10.1. The molecule has 0 spiro atoms. The average Bonchev–Trinajstić information content (AvgIpc) is 2.82. The average molecular weight is 294 g/mol. The highest BCUT2D eigenvalue weighted by atomic mass is 32.2. The van der Waals surface area contributed by atoms with Gasteiger partial charge in [0.1, 0.15) is 5.82 Å². The highest BCUT2D eigenvalue weighted by molar-refractivity contribution is 7.89. The van der Waals surface area contributed by atoms with E-state index in [1.165, 1.54) is 0 Å². The Hall–Kier alpha value is -1.70. The first-order valence-corrected chi connectivity index (χ1v) is 7.68. The van der Waals surface area contributed by atoms with Crippen LogP contribution in [0.2, 0.25) is 0 Å². The molecule has 0 unspecified atom stereocenters. The first kappa shape index (κ1) is 14.7. The number of hydrogen-bond acceptors (Lipinski definition) is 4. The Morgan fingerprint density at radius 2 is 2.15 bits per heavy atom. The molecular formula is C13H18N4O2S. The number of rotatable bonds is 5. The second kappa shape index (κ2) is 5.74. The van der Waals surface area contributed by atoms with Crippen molar-refractivity contribution in [3.05, 3.63) is 47.5 Å². The third-order valence-electron chi connectivity index (χ3n) is 3.19. The molecule has 0 aliphatic heterocycles. The number of aromatic nitrogens is 2. The van der Waals surface area contributed by atoms with E-state index in [4.69, 9.17) is 5.73 Å². The molecule has 2 rings (SSSR count). The van der Waals surface area contributed by atoms with E-state index in [-0.39, 0.29) is 11.4 Å². The van der Waals surface area contributed by atoms with Crippen LogP contribution in [0.1, 0.15) is 17.0 Å². The van der Waals surface area contributed by atoms with Gasteiger partial charge in [-0.3, -0.25) is 0 Å². The van der Waals surface area contributed by atoms with Gasteiger partial charge in [-0.05, 0) is 30.2 Å². The first-order valence-electron chi connectivity index (χ1n) is 6.19. The molecule has 20 heavy (non-hydrogen) atoms. The lowest BCUT2D eigenvalue weighted by Crippen LogP contribution is -2.25. The van der Waals surface area contributed by atoms with Gasteiger partial charge in [-0.2, -0.15) is 0 Å². The fourth-order valence-corrected chi connectivity index (χ4v) is 2.88. The molecule has 6 nitrogen and oxygen atoms in total. The molecule has 0 bridgehead atoms. The molecule has 1 aromatic carbocycles. The molecule has 0 fully saturated rings. The Morgan fingerprint density at radius 3 is 2.75 bits per heavy atom. The van der Waals surface area contributed by atoms with Gasteiger partial charge in [0.25, 0.3) is 0 Å². The summed E-state index contributed by atoms with van der Waals surface area (Å²) in [7, 11) is -1.75. The lowest BCUT2D eigenvalue weighted by molar-refractivity contribution is 0.577. The second-order valence-electron chi connectivity index (χ2n) is 4.57. The molecule has 0 aliphatic carbocycles. The van der Waals surface area contributed by atoms with Gasteiger partial charge in [0.05, 0.1) is 11.4 Å². The Labute approximate surface area is 118 Å². The number of nitrogens with one attached hydrogen (secondary N) is 1. The minimum absolute atomic E-state index is 0.150. The molecule has 0 saturated heterocycles. The summed E-state index contributed by atoms with van der Waals surface area (Å²) in [5.41, 5.74) is 7.41. The summed E-state index contributed by atoms with van der Waals surface area (Å²) in [6.07, 6.45) is 3.39. The molecule has 108 valence electrons. The van der Waals surface area contributed by atoms with Crippen LogP contribution >= 0.6 is 0 Å². The zero-order chi connectivity index (χ0) is 14.8. The summed E-state index contributed by atoms with van der Waals surface area (Å²) in [6, 6.07) is 4.95. The Kier molecular flexibility index (Phi) is 4.22. The zero-order valence-corrected chi connectivity index (χ0v) is 12.3. The third-order valence-corrected chi connectivity index (χ3v) is 4.59. The molecule has 1 heterocycles. The SMILES string of the molecule is Cc1ccc(S(=O)(=O)NCc2nccn2C)cc1CN. The van der Waals surface area contributed by atoms with Gasteiger partial charge in [0.2, 0.25) is 10.0 Å². The minimum atomic E-state index is -3.56. The van der Waals surface area contributed by atoms with Gasteiger partial charge in [0.15, 0.2) is 0 Å². The van der Waals surface area contributed by atoms with Gasteiger partial charge in [-0.15, -0.1) is 0 Å². The van der Waals surface area contributed by atoms with Crippen molar-refractivity contribution in [1.29, 1.82) is 0 Å². The standard InChI is InChI=1S/C13H18N4O2S/c1-10-3-4-12(7-11(10)8-14)20(18,19)16-9-13-15-5-6-17(13)2/h3-7,16H,8-9,14H2,1-2H3. The van der Waals surface area contributed by atoms with Gasteiger partial charge in [-0.1, -0.05) is 6.07 Å². The van der Waals surface area contributed by atoms with Crippen molar-refractivity contribution in [2.45, 2.75) is 24.9 Å². The summed E-state index contributed by atoms with van der Waals surface area (Å²) in [5, 5.41) is 0. The molecule has 7 heteroatoms. The third kappa shape index (κ3) is 3.06. The smallest absolute Gasteiger partial charge is 0.240 e. The number of nitrogens with zero attached hydrogens (tertiary/aromatic N) is 2. The number of sulfonamides is 1. The second-order valence-corrected chi connectivity index (χ2v) is 6.34. The molecule has 0 amide bonds. The van der Waals surface area contributed by atoms with Gasteiger partial charge >= 0.3 is 0 Å². The van der Waals surface area contributed by atoms with Crippen molar-refractivity contribution in [3.63, 3.8) is 0 Å². The number of benzene rings is 1. The maximum absolute atomic E-state index is 12.2. The van der Waals surface area contributed by atoms with Crippen LogP contribution < -0.4 is 10.5 Å². The monoisotopic (exact) mass is 294 g/mol. The van der Waals surface area contributed by atoms with Crippen molar-refractivity contribution in [2.75, 3.05) is 0 Å². The maximum Gasteiger partial charge on any atom is 0.240 e. The molecule has 0 radical (unpaired) electrons. The van der Waals surface area contributed by atoms with Crippen LogP contribution in [0.25, 0.3) is 0 Å². The van der Waals surface area contributed by atoms with Gasteiger partial charge < -0.3 is 10.3 Å². The summed E-state index contributed by atoms with van der Waals surface area (Å²) >= 11 is 0. The minimum Gasteiger partial charge on any atom is -0.337 e. The van der Waals surface area contributed by atoms with Crippen LogP contribution in [0.5, 0.6) is 0 Å². The fraction of sp³-hybridized carbons (Fsp3) is 0.308. The number of imidazole rings is 1. The van der Waals surface area contributed by atoms with Gasteiger partial charge in [0, 0.05) is 26.0 Å². The van der Waals surface area contributed by atoms with Crippen LogP contribution in [-0.4, -0.2) is 18.0 Å². The summed E-state index contributed by atoms with van der Waals surface area (Å²) in [6.45, 7) is 2.37. The van der Waals surface area contributed by atoms with E-state index in [1.807, 2.05) is 14.0 Å². The van der Waals surface area contributed by atoms with Crippen molar-refractivity contribution in [2.24, 2.45) is 12.8 Å². The molecular weight excluding hydrogens is 276 g/mol. The lowest BCUT2D eigenvalue weighted by Gasteiger charge is -2.09. The van der Waals surface area contributed by atoms with Crippen LogP contribution in [-0.2, 0) is 30.2 Å². The van der Waals surface area contributed by atoms with E-state index in [0.717, 1.165) is 11.1 Å². The molecule has 3 N–H and O–H groups in total. The first-order chi connectivity index (χ1) is 9.44.